The summed E-state index contributed by atoms with van der Waals surface area (Å²) in [4.78, 5) is 0. The van der Waals surface area contributed by atoms with Crippen molar-refractivity contribution in [2.24, 2.45) is 0 Å². The molecule has 3 heteroatoms. The second-order valence-corrected chi connectivity index (χ2v) is 6.13. The molecule has 0 radical (unpaired) electrons. The standard InChI is InChI=1S/C17H18BrNO/c1-12(13-6-4-7-15(18)9-13)19-17-11-20-10-14-5-2-3-8-16(14)17/h2-9,12,17,19H,10-11H2,1H3. The minimum absolute atomic E-state index is 0.258. The largest absolute Gasteiger partial charge is 0.375 e. The highest BCUT2D eigenvalue weighted by Gasteiger charge is 2.22. The van der Waals surface area contributed by atoms with E-state index in [1.165, 1.54) is 16.7 Å². The Morgan fingerprint density at radius 2 is 2.05 bits per heavy atom. The Kier molecular flexibility index (Phi) is 4.20. The summed E-state index contributed by atoms with van der Waals surface area (Å²) in [5, 5.41) is 3.67. The first-order valence-electron chi connectivity index (χ1n) is 6.91. The fourth-order valence-corrected chi connectivity index (χ4v) is 3.11. The molecule has 20 heavy (non-hydrogen) atoms. The highest BCUT2D eigenvalue weighted by Crippen LogP contribution is 2.27. The van der Waals surface area contributed by atoms with Crippen LogP contribution in [0.3, 0.4) is 0 Å². The molecule has 0 saturated carbocycles. The van der Waals surface area contributed by atoms with E-state index in [0.717, 1.165) is 17.7 Å². The molecule has 1 heterocycles. The van der Waals surface area contributed by atoms with Crippen LogP contribution in [0, 0.1) is 0 Å². The van der Waals surface area contributed by atoms with Gasteiger partial charge in [0, 0.05) is 10.5 Å². The zero-order valence-corrected chi connectivity index (χ0v) is 13.1. The Hall–Kier alpha value is -1.16. The van der Waals surface area contributed by atoms with E-state index in [1.807, 2.05) is 0 Å². The van der Waals surface area contributed by atoms with Crippen molar-refractivity contribution in [2.75, 3.05) is 6.61 Å². The van der Waals surface area contributed by atoms with Crippen molar-refractivity contribution in [1.29, 1.82) is 0 Å². The maximum absolute atomic E-state index is 5.70. The molecule has 2 aromatic carbocycles. The first kappa shape index (κ1) is 13.8. The van der Waals surface area contributed by atoms with Gasteiger partial charge in [-0.2, -0.15) is 0 Å². The number of halogens is 1. The van der Waals surface area contributed by atoms with Gasteiger partial charge in [0.1, 0.15) is 0 Å². The van der Waals surface area contributed by atoms with E-state index in [4.69, 9.17) is 4.74 Å². The zero-order valence-electron chi connectivity index (χ0n) is 11.5. The van der Waals surface area contributed by atoms with Crippen LogP contribution in [-0.4, -0.2) is 6.61 Å². The fraction of sp³-hybridized carbons (Fsp3) is 0.294. The number of ether oxygens (including phenoxy) is 1. The Morgan fingerprint density at radius 3 is 2.90 bits per heavy atom. The zero-order chi connectivity index (χ0) is 13.9. The number of rotatable bonds is 3. The van der Waals surface area contributed by atoms with Gasteiger partial charge < -0.3 is 10.1 Å². The minimum Gasteiger partial charge on any atom is -0.375 e. The number of hydrogen-bond acceptors (Lipinski definition) is 2. The second kappa shape index (κ2) is 6.08. The Labute approximate surface area is 128 Å². The average molecular weight is 332 g/mol. The van der Waals surface area contributed by atoms with Gasteiger partial charge in [0.2, 0.25) is 0 Å². The van der Waals surface area contributed by atoms with Crippen molar-refractivity contribution in [3.63, 3.8) is 0 Å². The van der Waals surface area contributed by atoms with Gasteiger partial charge in [-0.05, 0) is 35.7 Å². The van der Waals surface area contributed by atoms with Crippen molar-refractivity contribution in [2.45, 2.75) is 25.6 Å². The first-order valence-corrected chi connectivity index (χ1v) is 7.70. The lowest BCUT2D eigenvalue weighted by Crippen LogP contribution is -2.31. The van der Waals surface area contributed by atoms with Gasteiger partial charge in [-0.15, -0.1) is 0 Å². The van der Waals surface area contributed by atoms with Crippen LogP contribution in [0.15, 0.2) is 53.0 Å². The fourth-order valence-electron chi connectivity index (χ4n) is 2.69. The Balaban J connectivity index is 1.79. The second-order valence-electron chi connectivity index (χ2n) is 5.21. The summed E-state index contributed by atoms with van der Waals surface area (Å²) in [6, 6.07) is 17.5. The molecule has 2 unspecified atom stereocenters. The van der Waals surface area contributed by atoms with E-state index in [9.17, 15) is 0 Å². The predicted octanol–water partition coefficient (Wildman–Crippen LogP) is 4.37. The minimum atomic E-state index is 0.258. The van der Waals surface area contributed by atoms with Crippen molar-refractivity contribution in [3.05, 3.63) is 69.7 Å². The van der Waals surface area contributed by atoms with Gasteiger partial charge >= 0.3 is 0 Å². The summed E-state index contributed by atoms with van der Waals surface area (Å²) in [6.45, 7) is 3.65. The number of hydrogen-bond donors (Lipinski definition) is 1. The lowest BCUT2D eigenvalue weighted by molar-refractivity contribution is 0.0791. The molecule has 0 saturated heterocycles. The van der Waals surface area contributed by atoms with Crippen molar-refractivity contribution in [3.8, 4) is 0 Å². The monoisotopic (exact) mass is 331 g/mol. The van der Waals surface area contributed by atoms with E-state index in [2.05, 4.69) is 76.7 Å². The van der Waals surface area contributed by atoms with Crippen LogP contribution in [0.1, 0.15) is 35.7 Å². The lowest BCUT2D eigenvalue weighted by atomic mass is 9.97. The van der Waals surface area contributed by atoms with Gasteiger partial charge in [-0.1, -0.05) is 52.3 Å². The van der Waals surface area contributed by atoms with Gasteiger partial charge in [0.05, 0.1) is 19.3 Å². The van der Waals surface area contributed by atoms with Crippen LogP contribution in [0.2, 0.25) is 0 Å². The summed E-state index contributed by atoms with van der Waals surface area (Å²) in [5.74, 6) is 0. The molecular weight excluding hydrogens is 314 g/mol. The van der Waals surface area contributed by atoms with E-state index in [-0.39, 0.29) is 12.1 Å². The Bertz CT molecular complexity index is 599. The summed E-state index contributed by atoms with van der Waals surface area (Å²) in [7, 11) is 0. The summed E-state index contributed by atoms with van der Waals surface area (Å²) >= 11 is 3.53. The van der Waals surface area contributed by atoms with Gasteiger partial charge in [-0.25, -0.2) is 0 Å². The molecule has 0 fully saturated rings. The van der Waals surface area contributed by atoms with Crippen LogP contribution < -0.4 is 5.32 Å². The third-order valence-corrected chi connectivity index (χ3v) is 4.27. The maximum Gasteiger partial charge on any atom is 0.0721 e. The molecule has 2 aromatic rings. The molecule has 0 spiro atoms. The first-order chi connectivity index (χ1) is 9.74. The molecular formula is C17H18BrNO. The SMILES string of the molecule is CC(NC1COCc2ccccc21)c1cccc(Br)c1. The molecule has 2 atom stereocenters. The number of fused-ring (bicyclic) bond motifs is 1. The quantitative estimate of drug-likeness (QED) is 0.901. The molecule has 1 aliphatic heterocycles. The van der Waals surface area contributed by atoms with Crippen molar-refractivity contribution in [1.82, 2.24) is 5.32 Å². The van der Waals surface area contributed by atoms with Crippen molar-refractivity contribution < 1.29 is 4.74 Å². The molecule has 0 bridgehead atoms. The molecule has 1 aliphatic rings. The van der Waals surface area contributed by atoms with E-state index >= 15 is 0 Å². The Morgan fingerprint density at radius 1 is 1.20 bits per heavy atom. The average Bonchev–Trinajstić information content (AvgIpc) is 2.47. The van der Waals surface area contributed by atoms with Gasteiger partial charge in [0.25, 0.3) is 0 Å². The van der Waals surface area contributed by atoms with Crippen LogP contribution in [0.5, 0.6) is 0 Å². The number of benzene rings is 2. The van der Waals surface area contributed by atoms with Crippen LogP contribution in [0.4, 0.5) is 0 Å². The molecule has 2 nitrogen and oxygen atoms in total. The molecule has 0 aromatic heterocycles. The third kappa shape index (κ3) is 2.95. The topological polar surface area (TPSA) is 21.3 Å². The van der Waals surface area contributed by atoms with E-state index in [1.54, 1.807) is 0 Å². The normalized spacial score (nSPS) is 19.4. The van der Waals surface area contributed by atoms with Crippen molar-refractivity contribution >= 4 is 15.9 Å². The number of nitrogens with one attached hydrogen (secondary N) is 1. The molecule has 0 amide bonds. The highest BCUT2D eigenvalue weighted by atomic mass is 79.9. The molecule has 104 valence electrons. The summed E-state index contributed by atoms with van der Waals surface area (Å²) < 4.78 is 6.81. The van der Waals surface area contributed by atoms with Crippen LogP contribution >= 0.6 is 15.9 Å². The summed E-state index contributed by atoms with van der Waals surface area (Å²) in [6.07, 6.45) is 0. The van der Waals surface area contributed by atoms with E-state index in [0.29, 0.717) is 0 Å². The lowest BCUT2D eigenvalue weighted by Gasteiger charge is -2.29. The van der Waals surface area contributed by atoms with E-state index < -0.39 is 0 Å². The molecule has 0 aliphatic carbocycles. The van der Waals surface area contributed by atoms with Crippen LogP contribution in [0.25, 0.3) is 0 Å². The van der Waals surface area contributed by atoms with Crippen LogP contribution in [-0.2, 0) is 11.3 Å². The maximum atomic E-state index is 5.70. The third-order valence-electron chi connectivity index (χ3n) is 3.77. The van der Waals surface area contributed by atoms with Gasteiger partial charge in [-0.3, -0.25) is 0 Å². The molecule has 1 N–H and O–H groups in total. The smallest absolute Gasteiger partial charge is 0.0721 e. The highest BCUT2D eigenvalue weighted by molar-refractivity contribution is 9.10. The van der Waals surface area contributed by atoms with Gasteiger partial charge in [0.15, 0.2) is 0 Å². The predicted molar refractivity (Wildman–Crippen MR) is 84.5 cm³/mol. The summed E-state index contributed by atoms with van der Waals surface area (Å²) in [5.41, 5.74) is 3.93. The molecule has 3 rings (SSSR count).